The van der Waals surface area contributed by atoms with Crippen molar-refractivity contribution >= 4 is 11.9 Å². The lowest BCUT2D eigenvalue weighted by Gasteiger charge is -2.21. The molecule has 2 aliphatic rings. The number of benzene rings is 2. The zero-order valence-electron chi connectivity index (χ0n) is 15.6. The molecule has 9 heteroatoms. The number of alkyl halides is 3. The summed E-state index contributed by atoms with van der Waals surface area (Å²) in [4.78, 5) is 3.02. The van der Waals surface area contributed by atoms with E-state index in [9.17, 15) is 13.2 Å². The molecule has 1 unspecified atom stereocenters. The molecule has 1 N–H and O–H groups in total. The molecule has 0 saturated carbocycles. The zero-order chi connectivity index (χ0) is 20.3. The molecular weight excluding hydrogens is 405 g/mol. The van der Waals surface area contributed by atoms with Gasteiger partial charge in [-0.2, -0.15) is 0 Å². The molecule has 0 bridgehead atoms. The third-order valence-corrected chi connectivity index (χ3v) is 5.61. The standard InChI is InChI=1S/C20H21F3N2O3S/c21-20(22,23)28-16-2-1-3-17(11-16)29-24-15-6-7-25(13-15)12-14-4-5-18-19(10-14)27-9-8-26-18/h1-5,10-11,15,24H,6-9,12-13H2. The van der Waals surface area contributed by atoms with Gasteiger partial charge in [-0.15, -0.1) is 13.2 Å². The second kappa shape index (κ2) is 8.73. The van der Waals surface area contributed by atoms with Crippen LogP contribution < -0.4 is 18.9 Å². The number of ether oxygens (including phenoxy) is 3. The maximum atomic E-state index is 12.4. The van der Waals surface area contributed by atoms with Crippen LogP contribution in [0.1, 0.15) is 12.0 Å². The molecule has 2 aromatic carbocycles. The molecule has 0 radical (unpaired) electrons. The number of fused-ring (bicyclic) bond motifs is 1. The SMILES string of the molecule is FC(F)(F)Oc1cccc(SNC2CCN(Cc3ccc4c(c3)OCCO4)C2)c1. The molecule has 2 heterocycles. The van der Waals surface area contributed by atoms with Gasteiger partial charge in [0.2, 0.25) is 0 Å². The van der Waals surface area contributed by atoms with Gasteiger partial charge >= 0.3 is 6.36 Å². The molecule has 0 aromatic heterocycles. The highest BCUT2D eigenvalue weighted by molar-refractivity contribution is 7.97. The van der Waals surface area contributed by atoms with E-state index in [4.69, 9.17) is 9.47 Å². The van der Waals surface area contributed by atoms with Crippen LogP contribution in [0.5, 0.6) is 17.2 Å². The van der Waals surface area contributed by atoms with Crippen LogP contribution in [0.2, 0.25) is 0 Å². The van der Waals surface area contributed by atoms with E-state index in [1.165, 1.54) is 29.6 Å². The van der Waals surface area contributed by atoms with Crippen molar-refractivity contribution < 1.29 is 27.4 Å². The minimum absolute atomic E-state index is 0.212. The Balaban J connectivity index is 1.27. The van der Waals surface area contributed by atoms with Crippen molar-refractivity contribution in [3.63, 3.8) is 0 Å². The first-order chi connectivity index (χ1) is 13.9. The van der Waals surface area contributed by atoms with E-state index in [0.29, 0.717) is 18.1 Å². The van der Waals surface area contributed by atoms with Crippen LogP contribution in [0.3, 0.4) is 0 Å². The molecule has 0 amide bonds. The number of rotatable bonds is 6. The monoisotopic (exact) mass is 426 g/mol. The Kier molecular flexibility index (Phi) is 6.07. The normalized spacial score (nSPS) is 19.3. The van der Waals surface area contributed by atoms with Gasteiger partial charge in [0, 0.05) is 30.6 Å². The predicted molar refractivity (Wildman–Crippen MR) is 103 cm³/mol. The lowest BCUT2D eigenvalue weighted by molar-refractivity contribution is -0.274. The maximum absolute atomic E-state index is 12.4. The van der Waals surface area contributed by atoms with Crippen molar-refractivity contribution in [3.8, 4) is 17.2 Å². The molecule has 29 heavy (non-hydrogen) atoms. The van der Waals surface area contributed by atoms with Crippen LogP contribution in [-0.4, -0.2) is 43.6 Å². The van der Waals surface area contributed by atoms with Crippen molar-refractivity contribution in [1.82, 2.24) is 9.62 Å². The summed E-state index contributed by atoms with van der Waals surface area (Å²) in [5.74, 6) is 1.36. The lowest BCUT2D eigenvalue weighted by atomic mass is 10.2. The van der Waals surface area contributed by atoms with Gasteiger partial charge in [0.1, 0.15) is 19.0 Å². The molecule has 1 saturated heterocycles. The van der Waals surface area contributed by atoms with Gasteiger partial charge in [0.05, 0.1) is 0 Å². The summed E-state index contributed by atoms with van der Waals surface area (Å²) in [6, 6.07) is 12.3. The highest BCUT2D eigenvalue weighted by Gasteiger charge is 2.31. The second-order valence-corrected chi connectivity index (χ2v) is 7.85. The molecule has 2 aliphatic heterocycles. The Morgan fingerprint density at radius 2 is 1.93 bits per heavy atom. The maximum Gasteiger partial charge on any atom is 0.573 e. The van der Waals surface area contributed by atoms with E-state index in [2.05, 4.69) is 20.4 Å². The lowest BCUT2D eigenvalue weighted by Crippen LogP contribution is -2.28. The topological polar surface area (TPSA) is 43.0 Å². The van der Waals surface area contributed by atoms with Crippen molar-refractivity contribution in [2.24, 2.45) is 0 Å². The summed E-state index contributed by atoms with van der Waals surface area (Å²) < 4.78 is 55.6. The largest absolute Gasteiger partial charge is 0.573 e. The molecule has 2 aromatic rings. The molecule has 1 atom stereocenters. The van der Waals surface area contributed by atoms with E-state index >= 15 is 0 Å². The summed E-state index contributed by atoms with van der Waals surface area (Å²) >= 11 is 1.32. The minimum Gasteiger partial charge on any atom is -0.486 e. The van der Waals surface area contributed by atoms with Gasteiger partial charge in [0.15, 0.2) is 11.5 Å². The molecule has 1 fully saturated rings. The Hall–Kier alpha value is -2.10. The Morgan fingerprint density at radius 1 is 1.10 bits per heavy atom. The number of nitrogens with one attached hydrogen (secondary N) is 1. The molecule has 4 rings (SSSR count). The minimum atomic E-state index is -4.68. The molecule has 0 spiro atoms. The first-order valence-corrected chi connectivity index (χ1v) is 10.2. The van der Waals surface area contributed by atoms with Gasteiger partial charge in [-0.25, -0.2) is 0 Å². The number of halogens is 3. The van der Waals surface area contributed by atoms with Gasteiger partial charge in [-0.3, -0.25) is 9.62 Å². The fourth-order valence-corrected chi connectivity index (χ4v) is 4.22. The van der Waals surface area contributed by atoms with Crippen LogP contribution >= 0.6 is 11.9 Å². The van der Waals surface area contributed by atoms with Gasteiger partial charge in [-0.1, -0.05) is 12.1 Å². The second-order valence-electron chi connectivity index (χ2n) is 6.94. The van der Waals surface area contributed by atoms with E-state index in [-0.39, 0.29) is 11.8 Å². The van der Waals surface area contributed by atoms with E-state index in [1.54, 1.807) is 12.1 Å². The summed E-state index contributed by atoms with van der Waals surface area (Å²) in [6.45, 7) is 3.77. The fourth-order valence-electron chi connectivity index (χ4n) is 3.40. The van der Waals surface area contributed by atoms with E-state index in [0.717, 1.165) is 37.6 Å². The molecule has 5 nitrogen and oxygen atoms in total. The van der Waals surface area contributed by atoms with Crippen LogP contribution in [0.4, 0.5) is 13.2 Å². The highest BCUT2D eigenvalue weighted by atomic mass is 32.2. The van der Waals surface area contributed by atoms with Gasteiger partial charge in [0.25, 0.3) is 0 Å². The average Bonchev–Trinajstić information content (AvgIpc) is 3.13. The molecule has 0 aliphatic carbocycles. The quantitative estimate of drug-likeness (QED) is 0.698. The highest BCUT2D eigenvalue weighted by Crippen LogP contribution is 2.32. The van der Waals surface area contributed by atoms with Crippen LogP contribution in [-0.2, 0) is 6.54 Å². The van der Waals surface area contributed by atoms with Crippen molar-refractivity contribution in [1.29, 1.82) is 0 Å². The number of nitrogens with zero attached hydrogens (tertiary/aromatic N) is 1. The number of hydrogen-bond acceptors (Lipinski definition) is 6. The molecular formula is C20H21F3N2O3S. The average molecular weight is 426 g/mol. The Bertz CT molecular complexity index is 850. The van der Waals surface area contributed by atoms with Crippen molar-refractivity contribution in [2.75, 3.05) is 26.3 Å². The third-order valence-electron chi connectivity index (χ3n) is 4.67. The van der Waals surface area contributed by atoms with Crippen LogP contribution in [0.25, 0.3) is 0 Å². The first-order valence-electron chi connectivity index (χ1n) is 9.34. The predicted octanol–water partition coefficient (Wildman–Crippen LogP) is 4.23. The smallest absolute Gasteiger partial charge is 0.486 e. The zero-order valence-corrected chi connectivity index (χ0v) is 16.4. The van der Waals surface area contributed by atoms with Crippen molar-refractivity contribution in [3.05, 3.63) is 48.0 Å². The van der Waals surface area contributed by atoms with Crippen molar-refractivity contribution in [2.45, 2.75) is 30.3 Å². The Labute approximate surface area is 171 Å². The third kappa shape index (κ3) is 5.71. The van der Waals surface area contributed by atoms with E-state index < -0.39 is 6.36 Å². The first kappa shape index (κ1) is 20.2. The van der Waals surface area contributed by atoms with Gasteiger partial charge in [-0.05, 0) is 54.3 Å². The summed E-state index contributed by atoms with van der Waals surface area (Å²) in [5.41, 5.74) is 1.17. The molecule has 156 valence electrons. The van der Waals surface area contributed by atoms with Gasteiger partial charge < -0.3 is 14.2 Å². The number of likely N-dealkylation sites (tertiary alicyclic amines) is 1. The summed E-state index contributed by atoms with van der Waals surface area (Å²) in [6.07, 6.45) is -3.72. The fraction of sp³-hybridized carbons (Fsp3) is 0.400. The Morgan fingerprint density at radius 3 is 2.76 bits per heavy atom. The van der Waals surface area contributed by atoms with E-state index in [1.807, 2.05) is 12.1 Å². The number of hydrogen-bond donors (Lipinski definition) is 1. The summed E-state index contributed by atoms with van der Waals surface area (Å²) in [7, 11) is 0. The van der Waals surface area contributed by atoms with Crippen LogP contribution in [0, 0.1) is 0 Å². The summed E-state index contributed by atoms with van der Waals surface area (Å²) in [5, 5.41) is 0. The van der Waals surface area contributed by atoms with Crippen LogP contribution in [0.15, 0.2) is 47.4 Å².